The number of aryl methyl sites for hydroxylation is 3. The van der Waals surface area contributed by atoms with E-state index in [-0.39, 0.29) is 23.4 Å². The summed E-state index contributed by atoms with van der Waals surface area (Å²) in [5.41, 5.74) is 3.90. The Bertz CT molecular complexity index is 1520. The number of nitrogens with zero attached hydrogens (tertiary/aromatic N) is 2. The lowest BCUT2D eigenvalue weighted by molar-refractivity contribution is -0.140. The molecule has 9 heteroatoms. The fourth-order valence-electron chi connectivity index (χ4n) is 5.34. The normalized spacial score (nSPS) is 14.4. The van der Waals surface area contributed by atoms with Crippen molar-refractivity contribution in [2.24, 2.45) is 0 Å². The number of carbonyl (C=O) groups is 2. The zero-order valence-corrected chi connectivity index (χ0v) is 26.3. The molecule has 1 aliphatic carbocycles. The standard InChI is InChI=1S/C33H40ClN3O4S/c1-5-31(33(39)35-27-11-7-8-12-27)36(21-26-10-6-9-13-30(26)34)32(38)22-37(28-17-16-24(3)25(4)20-28)42(40,41)29-18-14-23(2)15-19-29/h6,9-10,13-20,27,31H,5,7-8,11-12,21-22H2,1-4H3,(H,35,39). The fraction of sp³-hybridized carbons (Fsp3) is 0.394. The molecule has 3 aromatic rings. The van der Waals surface area contributed by atoms with E-state index in [1.54, 1.807) is 48.5 Å². The van der Waals surface area contributed by atoms with Crippen molar-refractivity contribution in [2.45, 2.75) is 83.3 Å². The maximum atomic E-state index is 14.3. The second-order valence-corrected chi connectivity index (χ2v) is 13.4. The zero-order valence-electron chi connectivity index (χ0n) is 24.8. The van der Waals surface area contributed by atoms with Crippen molar-refractivity contribution in [3.63, 3.8) is 0 Å². The van der Waals surface area contributed by atoms with Crippen molar-refractivity contribution >= 4 is 39.1 Å². The van der Waals surface area contributed by atoms with Crippen LogP contribution in [-0.2, 0) is 26.2 Å². The Morgan fingerprint density at radius 2 is 1.62 bits per heavy atom. The van der Waals surface area contributed by atoms with Gasteiger partial charge in [-0.1, -0.05) is 73.3 Å². The van der Waals surface area contributed by atoms with Crippen molar-refractivity contribution in [3.05, 3.63) is 94.0 Å². The quantitative estimate of drug-likeness (QED) is 0.275. The summed E-state index contributed by atoms with van der Waals surface area (Å²) in [6.45, 7) is 7.19. The van der Waals surface area contributed by atoms with Crippen LogP contribution in [0.1, 0.15) is 61.3 Å². The van der Waals surface area contributed by atoms with E-state index < -0.39 is 28.5 Å². The monoisotopic (exact) mass is 609 g/mol. The van der Waals surface area contributed by atoms with Crippen LogP contribution < -0.4 is 9.62 Å². The number of halogens is 1. The van der Waals surface area contributed by atoms with Crippen LogP contribution >= 0.6 is 11.6 Å². The number of benzene rings is 3. The van der Waals surface area contributed by atoms with Gasteiger partial charge in [-0.05, 0) is 87.1 Å². The summed E-state index contributed by atoms with van der Waals surface area (Å²) >= 11 is 6.49. The van der Waals surface area contributed by atoms with Crippen LogP contribution in [0.25, 0.3) is 0 Å². The van der Waals surface area contributed by atoms with Gasteiger partial charge >= 0.3 is 0 Å². The molecule has 1 atom stereocenters. The van der Waals surface area contributed by atoms with E-state index in [0.29, 0.717) is 22.7 Å². The van der Waals surface area contributed by atoms with Gasteiger partial charge in [-0.2, -0.15) is 0 Å². The van der Waals surface area contributed by atoms with Crippen LogP contribution in [-0.4, -0.2) is 43.8 Å². The molecule has 0 aromatic heterocycles. The minimum atomic E-state index is -4.12. The molecule has 2 amide bonds. The molecule has 0 heterocycles. The van der Waals surface area contributed by atoms with Crippen molar-refractivity contribution in [1.29, 1.82) is 0 Å². The molecule has 0 saturated heterocycles. The van der Waals surface area contributed by atoms with Gasteiger partial charge in [0.2, 0.25) is 11.8 Å². The third kappa shape index (κ3) is 7.34. The van der Waals surface area contributed by atoms with Gasteiger partial charge in [-0.15, -0.1) is 0 Å². The van der Waals surface area contributed by atoms with Gasteiger partial charge in [0, 0.05) is 17.6 Å². The van der Waals surface area contributed by atoms with E-state index in [4.69, 9.17) is 11.6 Å². The molecule has 0 aliphatic heterocycles. The van der Waals surface area contributed by atoms with E-state index >= 15 is 0 Å². The zero-order chi connectivity index (χ0) is 30.4. The largest absolute Gasteiger partial charge is 0.352 e. The van der Waals surface area contributed by atoms with Crippen molar-refractivity contribution < 1.29 is 18.0 Å². The molecule has 3 aromatic carbocycles. The van der Waals surface area contributed by atoms with Gasteiger partial charge < -0.3 is 10.2 Å². The van der Waals surface area contributed by atoms with E-state index in [0.717, 1.165) is 46.7 Å². The van der Waals surface area contributed by atoms with Crippen LogP contribution in [0.15, 0.2) is 71.6 Å². The first-order chi connectivity index (χ1) is 20.0. The van der Waals surface area contributed by atoms with Gasteiger partial charge in [0.15, 0.2) is 0 Å². The molecular weight excluding hydrogens is 570 g/mol. The van der Waals surface area contributed by atoms with Crippen molar-refractivity contribution in [1.82, 2.24) is 10.2 Å². The average molecular weight is 610 g/mol. The van der Waals surface area contributed by atoms with E-state index in [9.17, 15) is 18.0 Å². The Morgan fingerprint density at radius 3 is 2.24 bits per heavy atom. The highest BCUT2D eigenvalue weighted by Crippen LogP contribution is 2.28. The highest BCUT2D eigenvalue weighted by molar-refractivity contribution is 7.92. The first-order valence-electron chi connectivity index (χ1n) is 14.5. The first-order valence-corrected chi connectivity index (χ1v) is 16.3. The van der Waals surface area contributed by atoms with Crippen LogP contribution in [0.2, 0.25) is 5.02 Å². The number of amides is 2. The average Bonchev–Trinajstić information content (AvgIpc) is 3.47. The second-order valence-electron chi connectivity index (χ2n) is 11.1. The molecule has 1 N–H and O–H groups in total. The Labute approximate surface area is 254 Å². The number of anilines is 1. The molecule has 1 saturated carbocycles. The lowest BCUT2D eigenvalue weighted by Gasteiger charge is -2.34. The SMILES string of the molecule is CCC(C(=O)NC1CCCC1)N(Cc1ccccc1Cl)C(=O)CN(c1ccc(C)c(C)c1)S(=O)(=O)c1ccc(C)cc1. The van der Waals surface area contributed by atoms with E-state index in [1.807, 2.05) is 45.9 Å². The van der Waals surface area contributed by atoms with Crippen LogP contribution in [0, 0.1) is 20.8 Å². The summed E-state index contributed by atoms with van der Waals surface area (Å²) in [7, 11) is -4.12. The summed E-state index contributed by atoms with van der Waals surface area (Å²) in [5, 5.41) is 3.60. The van der Waals surface area contributed by atoms with Crippen LogP contribution in [0.4, 0.5) is 5.69 Å². The Morgan fingerprint density at radius 1 is 0.952 bits per heavy atom. The van der Waals surface area contributed by atoms with Crippen LogP contribution in [0.3, 0.4) is 0 Å². The Kier molecular flexibility index (Phi) is 10.3. The molecule has 0 bridgehead atoms. The molecular formula is C33H40ClN3O4S. The molecule has 224 valence electrons. The number of carbonyl (C=O) groups excluding carboxylic acids is 2. The molecule has 0 spiro atoms. The van der Waals surface area contributed by atoms with E-state index in [2.05, 4.69) is 5.32 Å². The second kappa shape index (κ2) is 13.7. The number of hydrogen-bond acceptors (Lipinski definition) is 4. The minimum absolute atomic E-state index is 0.0699. The third-order valence-corrected chi connectivity index (χ3v) is 10.2. The molecule has 7 nitrogen and oxygen atoms in total. The molecule has 1 unspecified atom stereocenters. The van der Waals surface area contributed by atoms with Gasteiger partial charge in [0.25, 0.3) is 10.0 Å². The lowest BCUT2D eigenvalue weighted by atomic mass is 10.1. The van der Waals surface area contributed by atoms with Crippen LogP contribution in [0.5, 0.6) is 0 Å². The highest BCUT2D eigenvalue weighted by Gasteiger charge is 2.35. The minimum Gasteiger partial charge on any atom is -0.352 e. The van der Waals surface area contributed by atoms with Gasteiger partial charge in [-0.3, -0.25) is 13.9 Å². The summed E-state index contributed by atoms with van der Waals surface area (Å²) < 4.78 is 29.3. The van der Waals surface area contributed by atoms with E-state index in [1.165, 1.54) is 4.90 Å². The number of nitrogens with one attached hydrogen (secondary N) is 1. The molecule has 1 aliphatic rings. The molecule has 1 fully saturated rings. The first kappa shape index (κ1) is 31.6. The third-order valence-electron chi connectivity index (χ3n) is 8.05. The number of rotatable bonds is 11. The fourth-order valence-corrected chi connectivity index (χ4v) is 6.95. The Balaban J connectivity index is 1.74. The van der Waals surface area contributed by atoms with Crippen molar-refractivity contribution in [2.75, 3.05) is 10.8 Å². The molecule has 42 heavy (non-hydrogen) atoms. The molecule has 4 rings (SSSR count). The van der Waals surface area contributed by atoms with Gasteiger partial charge in [0.05, 0.1) is 10.6 Å². The number of hydrogen-bond donors (Lipinski definition) is 1. The highest BCUT2D eigenvalue weighted by atomic mass is 35.5. The van der Waals surface area contributed by atoms with Gasteiger partial charge in [0.1, 0.15) is 12.6 Å². The summed E-state index contributed by atoms with van der Waals surface area (Å²) in [4.78, 5) is 29.4. The predicted molar refractivity (Wildman–Crippen MR) is 168 cm³/mol. The topological polar surface area (TPSA) is 86.8 Å². The Hall–Kier alpha value is -3.36. The summed E-state index contributed by atoms with van der Waals surface area (Å²) in [5.74, 6) is -0.721. The maximum Gasteiger partial charge on any atom is 0.264 e. The van der Waals surface area contributed by atoms with Crippen molar-refractivity contribution in [3.8, 4) is 0 Å². The smallest absolute Gasteiger partial charge is 0.264 e. The summed E-state index contributed by atoms with van der Waals surface area (Å²) in [6.07, 6.45) is 4.31. The summed E-state index contributed by atoms with van der Waals surface area (Å²) in [6, 6.07) is 18.4. The lowest BCUT2D eigenvalue weighted by Crippen LogP contribution is -2.53. The number of sulfonamides is 1. The maximum absolute atomic E-state index is 14.3. The predicted octanol–water partition coefficient (Wildman–Crippen LogP) is 6.33. The molecule has 0 radical (unpaired) electrons. The van der Waals surface area contributed by atoms with Gasteiger partial charge in [-0.25, -0.2) is 8.42 Å².